The van der Waals surface area contributed by atoms with E-state index in [1.54, 1.807) is 0 Å². The summed E-state index contributed by atoms with van der Waals surface area (Å²) in [5.74, 6) is 7.32. The van der Waals surface area contributed by atoms with Crippen molar-refractivity contribution < 1.29 is 0 Å². The summed E-state index contributed by atoms with van der Waals surface area (Å²) in [7, 11) is 0. The predicted octanol–water partition coefficient (Wildman–Crippen LogP) is 2.43. The molecule has 0 atom stereocenters. The van der Waals surface area contributed by atoms with Gasteiger partial charge in [-0.2, -0.15) is 0 Å². The lowest BCUT2D eigenvalue weighted by Gasteiger charge is -2.20. The van der Waals surface area contributed by atoms with Crippen molar-refractivity contribution in [3.8, 4) is 11.8 Å². The Morgan fingerprint density at radius 2 is 1.87 bits per heavy atom. The zero-order valence-electron chi connectivity index (χ0n) is 9.00. The van der Waals surface area contributed by atoms with Gasteiger partial charge in [-0.3, -0.25) is 0 Å². The van der Waals surface area contributed by atoms with Crippen molar-refractivity contribution in [3.63, 3.8) is 0 Å². The summed E-state index contributed by atoms with van der Waals surface area (Å²) >= 11 is 0. The van der Waals surface area contributed by atoms with Gasteiger partial charge in [0, 0.05) is 12.0 Å². The number of nitrogens with one attached hydrogen (secondary N) is 1. The van der Waals surface area contributed by atoms with Gasteiger partial charge in [0.1, 0.15) is 0 Å². The number of rotatable bonds is 1. The molecule has 0 spiro atoms. The van der Waals surface area contributed by atoms with Crippen LogP contribution in [-0.2, 0) is 0 Å². The summed E-state index contributed by atoms with van der Waals surface area (Å²) in [6.07, 6.45) is 3.61. The van der Waals surface area contributed by atoms with E-state index in [0.29, 0.717) is 0 Å². The van der Waals surface area contributed by atoms with Crippen LogP contribution in [0, 0.1) is 17.8 Å². The third kappa shape index (κ3) is 3.42. The van der Waals surface area contributed by atoms with E-state index in [0.717, 1.165) is 31.0 Å². The van der Waals surface area contributed by atoms with Gasteiger partial charge in [-0.1, -0.05) is 30.0 Å². The van der Waals surface area contributed by atoms with Crippen LogP contribution in [0.5, 0.6) is 0 Å². The smallest absolute Gasteiger partial charge is 0.0245 e. The Balaban J connectivity index is 1.84. The largest absolute Gasteiger partial charge is 0.317 e. The highest BCUT2D eigenvalue weighted by Gasteiger charge is 2.10. The molecule has 0 saturated carbocycles. The van der Waals surface area contributed by atoms with E-state index in [4.69, 9.17) is 0 Å². The maximum atomic E-state index is 3.37. The molecule has 1 heterocycles. The summed E-state index contributed by atoms with van der Waals surface area (Å²) in [6, 6.07) is 10.2. The third-order valence-electron chi connectivity index (χ3n) is 2.86. The van der Waals surface area contributed by atoms with Gasteiger partial charge in [0.15, 0.2) is 0 Å². The molecule has 1 aromatic carbocycles. The first kappa shape index (κ1) is 10.3. The molecule has 1 saturated heterocycles. The SMILES string of the molecule is C(#Cc1ccccc1)CC1CCNCC1. The Hall–Kier alpha value is -1.26. The first-order valence-electron chi connectivity index (χ1n) is 5.70. The second-order valence-electron chi connectivity index (χ2n) is 4.07. The molecule has 0 amide bonds. The molecular weight excluding hydrogens is 182 g/mol. The van der Waals surface area contributed by atoms with E-state index in [-0.39, 0.29) is 0 Å². The number of piperidine rings is 1. The monoisotopic (exact) mass is 199 g/mol. The van der Waals surface area contributed by atoms with Gasteiger partial charge in [0.05, 0.1) is 0 Å². The maximum absolute atomic E-state index is 3.37. The quantitative estimate of drug-likeness (QED) is 0.685. The number of benzene rings is 1. The number of hydrogen-bond acceptors (Lipinski definition) is 1. The van der Waals surface area contributed by atoms with Crippen molar-refractivity contribution in [2.45, 2.75) is 19.3 Å². The van der Waals surface area contributed by atoms with Crippen molar-refractivity contribution in [1.29, 1.82) is 0 Å². The normalized spacial score (nSPS) is 16.8. The van der Waals surface area contributed by atoms with Crippen molar-refractivity contribution in [2.75, 3.05) is 13.1 Å². The predicted molar refractivity (Wildman–Crippen MR) is 63.5 cm³/mol. The van der Waals surface area contributed by atoms with E-state index < -0.39 is 0 Å². The van der Waals surface area contributed by atoms with Crippen LogP contribution in [0.1, 0.15) is 24.8 Å². The van der Waals surface area contributed by atoms with E-state index in [1.807, 2.05) is 18.2 Å². The summed E-state index contributed by atoms with van der Waals surface area (Å²) in [5.41, 5.74) is 1.13. The standard InChI is InChI=1S/C14H17N/c1-2-5-13(6-3-1)7-4-8-14-9-11-15-12-10-14/h1-3,5-6,14-15H,8-12H2. The Bertz CT molecular complexity index is 339. The lowest BCUT2D eigenvalue weighted by molar-refractivity contribution is 0.381. The van der Waals surface area contributed by atoms with E-state index in [9.17, 15) is 0 Å². The first-order chi connectivity index (χ1) is 7.45. The molecule has 0 radical (unpaired) electrons. The van der Waals surface area contributed by atoms with Gasteiger partial charge in [-0.05, 0) is 44.0 Å². The Morgan fingerprint density at radius 3 is 2.60 bits per heavy atom. The molecule has 1 nitrogen and oxygen atoms in total. The molecule has 1 aliphatic heterocycles. The summed E-state index contributed by atoms with van der Waals surface area (Å²) < 4.78 is 0. The Labute approximate surface area is 91.9 Å². The summed E-state index contributed by atoms with van der Waals surface area (Å²) in [6.45, 7) is 2.33. The van der Waals surface area contributed by atoms with E-state index in [1.165, 1.54) is 12.8 Å². The molecule has 0 aromatic heterocycles. The van der Waals surface area contributed by atoms with Crippen LogP contribution < -0.4 is 5.32 Å². The molecule has 0 unspecified atom stereocenters. The van der Waals surface area contributed by atoms with Gasteiger partial charge >= 0.3 is 0 Å². The molecule has 1 aliphatic rings. The molecule has 15 heavy (non-hydrogen) atoms. The van der Waals surface area contributed by atoms with Crippen LogP contribution in [0.4, 0.5) is 0 Å². The molecule has 1 fully saturated rings. The average molecular weight is 199 g/mol. The summed E-state index contributed by atoms with van der Waals surface area (Å²) in [5, 5.41) is 3.37. The molecule has 0 aliphatic carbocycles. The maximum Gasteiger partial charge on any atom is 0.0245 e. The van der Waals surface area contributed by atoms with Crippen molar-refractivity contribution in [1.82, 2.24) is 5.32 Å². The van der Waals surface area contributed by atoms with Crippen molar-refractivity contribution in [2.24, 2.45) is 5.92 Å². The minimum absolute atomic E-state index is 0.808. The van der Waals surface area contributed by atoms with Gasteiger partial charge in [-0.25, -0.2) is 0 Å². The molecule has 78 valence electrons. The van der Waals surface area contributed by atoms with Crippen LogP contribution in [-0.4, -0.2) is 13.1 Å². The van der Waals surface area contributed by atoms with E-state index >= 15 is 0 Å². The molecular formula is C14H17N. The van der Waals surface area contributed by atoms with Crippen LogP contribution in [0.25, 0.3) is 0 Å². The van der Waals surface area contributed by atoms with Gasteiger partial charge in [-0.15, -0.1) is 0 Å². The highest BCUT2D eigenvalue weighted by atomic mass is 14.9. The average Bonchev–Trinajstić information content (AvgIpc) is 2.32. The highest BCUT2D eigenvalue weighted by molar-refractivity contribution is 5.33. The van der Waals surface area contributed by atoms with Gasteiger partial charge in [0.25, 0.3) is 0 Å². The molecule has 2 rings (SSSR count). The lowest BCUT2D eigenvalue weighted by atomic mass is 9.95. The van der Waals surface area contributed by atoms with Crippen LogP contribution >= 0.6 is 0 Å². The van der Waals surface area contributed by atoms with Gasteiger partial charge in [0.2, 0.25) is 0 Å². The van der Waals surface area contributed by atoms with Crippen LogP contribution in [0.2, 0.25) is 0 Å². The zero-order chi connectivity index (χ0) is 10.3. The highest BCUT2D eigenvalue weighted by Crippen LogP contribution is 2.14. The fourth-order valence-electron chi connectivity index (χ4n) is 1.90. The molecule has 0 bridgehead atoms. The minimum Gasteiger partial charge on any atom is -0.317 e. The van der Waals surface area contributed by atoms with Crippen LogP contribution in [0.3, 0.4) is 0 Å². The second-order valence-corrected chi connectivity index (χ2v) is 4.07. The van der Waals surface area contributed by atoms with Crippen molar-refractivity contribution >= 4 is 0 Å². The Kier molecular flexibility index (Phi) is 3.82. The molecule has 1 N–H and O–H groups in total. The van der Waals surface area contributed by atoms with Crippen LogP contribution in [0.15, 0.2) is 30.3 Å². The molecule has 1 aromatic rings. The summed E-state index contributed by atoms with van der Waals surface area (Å²) in [4.78, 5) is 0. The number of hydrogen-bond donors (Lipinski definition) is 1. The Morgan fingerprint density at radius 1 is 1.13 bits per heavy atom. The fraction of sp³-hybridized carbons (Fsp3) is 0.429. The fourth-order valence-corrected chi connectivity index (χ4v) is 1.90. The minimum atomic E-state index is 0.808. The molecule has 1 heteroatoms. The zero-order valence-corrected chi connectivity index (χ0v) is 9.00. The van der Waals surface area contributed by atoms with Crippen molar-refractivity contribution in [3.05, 3.63) is 35.9 Å². The second kappa shape index (κ2) is 5.58. The topological polar surface area (TPSA) is 12.0 Å². The van der Waals surface area contributed by atoms with E-state index in [2.05, 4.69) is 29.3 Å². The lowest BCUT2D eigenvalue weighted by Crippen LogP contribution is -2.27. The first-order valence-corrected chi connectivity index (χ1v) is 5.70. The van der Waals surface area contributed by atoms with Gasteiger partial charge < -0.3 is 5.32 Å². The third-order valence-corrected chi connectivity index (χ3v) is 2.86.